The van der Waals surface area contributed by atoms with Gasteiger partial charge in [0.2, 0.25) is 0 Å². The maximum atomic E-state index is 12.6. The fraction of sp³-hybridized carbons (Fsp3) is 0.111. The van der Waals surface area contributed by atoms with E-state index in [1.54, 1.807) is 23.7 Å². The number of thiazole rings is 1. The summed E-state index contributed by atoms with van der Waals surface area (Å²) in [4.78, 5) is 27.5. The van der Waals surface area contributed by atoms with E-state index >= 15 is 0 Å². The first kappa shape index (κ1) is 16.6. The number of hydrogen-bond acceptors (Lipinski definition) is 6. The van der Waals surface area contributed by atoms with Crippen LogP contribution >= 0.6 is 22.7 Å². The Kier molecular flexibility index (Phi) is 4.59. The Morgan fingerprint density at radius 1 is 1.19 bits per heavy atom. The van der Waals surface area contributed by atoms with Gasteiger partial charge in [0.05, 0.1) is 22.8 Å². The molecular formula is C18H15N5OS2. The maximum Gasteiger partial charge on any atom is 0.263 e. The Hall–Kier alpha value is -2.84. The second-order valence-electron chi connectivity index (χ2n) is 5.51. The molecule has 0 saturated heterocycles. The van der Waals surface area contributed by atoms with Gasteiger partial charge in [0.25, 0.3) is 5.91 Å². The van der Waals surface area contributed by atoms with Gasteiger partial charge in [-0.3, -0.25) is 14.8 Å². The first-order valence-corrected chi connectivity index (χ1v) is 9.64. The zero-order chi connectivity index (χ0) is 17.9. The highest BCUT2D eigenvalue weighted by Crippen LogP contribution is 2.25. The second-order valence-corrected chi connectivity index (χ2v) is 7.44. The smallest absolute Gasteiger partial charge is 0.263 e. The molecule has 4 heterocycles. The standard InChI is InChI=1S/C18H15N5OS2/c1-12-16(26-18(22-12)23-8-2-3-9-23)17(24)21-11-13-15(20-7-6-19-13)14-5-4-10-25-14/h2-10H,11H2,1H3,(H,21,24). The van der Waals surface area contributed by atoms with Crippen LogP contribution in [0.1, 0.15) is 21.1 Å². The quantitative estimate of drug-likeness (QED) is 0.572. The van der Waals surface area contributed by atoms with E-state index in [1.807, 2.05) is 53.5 Å². The Morgan fingerprint density at radius 2 is 2.00 bits per heavy atom. The third-order valence-corrected chi connectivity index (χ3v) is 5.81. The average molecular weight is 381 g/mol. The molecule has 0 saturated carbocycles. The molecule has 4 rings (SSSR count). The zero-order valence-electron chi connectivity index (χ0n) is 13.9. The SMILES string of the molecule is Cc1nc(-n2cccc2)sc1C(=O)NCc1nccnc1-c1cccs1. The van der Waals surface area contributed by atoms with Crippen molar-refractivity contribution in [1.29, 1.82) is 0 Å². The van der Waals surface area contributed by atoms with Crippen LogP contribution in [0.2, 0.25) is 0 Å². The molecule has 1 N–H and O–H groups in total. The lowest BCUT2D eigenvalue weighted by atomic mass is 10.2. The van der Waals surface area contributed by atoms with Gasteiger partial charge in [-0.1, -0.05) is 17.4 Å². The van der Waals surface area contributed by atoms with Gasteiger partial charge in [-0.05, 0) is 30.5 Å². The number of carbonyl (C=O) groups excluding carboxylic acids is 1. The van der Waals surface area contributed by atoms with Gasteiger partial charge in [0.1, 0.15) is 10.6 Å². The molecule has 130 valence electrons. The molecule has 8 heteroatoms. The molecule has 0 aliphatic rings. The van der Waals surface area contributed by atoms with E-state index in [2.05, 4.69) is 20.3 Å². The molecule has 0 atom stereocenters. The number of carbonyl (C=O) groups is 1. The lowest BCUT2D eigenvalue weighted by Gasteiger charge is -2.07. The number of aryl methyl sites for hydroxylation is 1. The Labute approximate surface area is 158 Å². The summed E-state index contributed by atoms with van der Waals surface area (Å²) in [5.74, 6) is -0.152. The van der Waals surface area contributed by atoms with E-state index in [0.717, 1.165) is 21.4 Å². The summed E-state index contributed by atoms with van der Waals surface area (Å²) in [7, 11) is 0. The van der Waals surface area contributed by atoms with Gasteiger partial charge in [0, 0.05) is 24.8 Å². The number of nitrogens with zero attached hydrogens (tertiary/aromatic N) is 4. The molecule has 0 fully saturated rings. The molecular weight excluding hydrogens is 366 g/mol. The third-order valence-electron chi connectivity index (χ3n) is 3.76. The minimum Gasteiger partial charge on any atom is -0.346 e. The maximum absolute atomic E-state index is 12.6. The number of aromatic nitrogens is 4. The molecule has 0 aromatic carbocycles. The Bertz CT molecular complexity index is 1020. The summed E-state index contributed by atoms with van der Waals surface area (Å²) in [6.07, 6.45) is 7.12. The summed E-state index contributed by atoms with van der Waals surface area (Å²) < 4.78 is 1.89. The molecule has 4 aromatic rings. The zero-order valence-corrected chi connectivity index (χ0v) is 15.5. The first-order valence-electron chi connectivity index (χ1n) is 7.95. The number of thiophene rings is 1. The van der Waals surface area contributed by atoms with Crippen LogP contribution in [0.5, 0.6) is 0 Å². The highest BCUT2D eigenvalue weighted by molar-refractivity contribution is 7.16. The van der Waals surface area contributed by atoms with Crippen molar-refractivity contribution in [3.05, 3.63) is 70.7 Å². The van der Waals surface area contributed by atoms with Crippen LogP contribution in [-0.4, -0.2) is 25.4 Å². The minimum absolute atomic E-state index is 0.152. The molecule has 0 aliphatic heterocycles. The summed E-state index contributed by atoms with van der Waals surface area (Å²) in [5.41, 5.74) is 2.27. The van der Waals surface area contributed by atoms with Gasteiger partial charge in [-0.25, -0.2) is 4.98 Å². The third kappa shape index (κ3) is 3.29. The normalized spacial score (nSPS) is 10.8. The number of rotatable bonds is 5. The second kappa shape index (κ2) is 7.19. The van der Waals surface area contributed by atoms with Crippen LogP contribution in [0, 0.1) is 6.92 Å². The van der Waals surface area contributed by atoms with Crippen molar-refractivity contribution in [2.24, 2.45) is 0 Å². The molecule has 0 bridgehead atoms. The van der Waals surface area contributed by atoms with Crippen molar-refractivity contribution < 1.29 is 4.79 Å². The lowest BCUT2D eigenvalue weighted by Crippen LogP contribution is -2.23. The van der Waals surface area contributed by atoms with Crippen LogP contribution < -0.4 is 5.32 Å². The summed E-state index contributed by atoms with van der Waals surface area (Å²) in [5, 5.41) is 5.71. The van der Waals surface area contributed by atoms with E-state index in [9.17, 15) is 4.79 Å². The van der Waals surface area contributed by atoms with Gasteiger partial charge in [-0.2, -0.15) is 0 Å². The molecule has 0 unspecified atom stereocenters. The van der Waals surface area contributed by atoms with Crippen LogP contribution in [0.3, 0.4) is 0 Å². The summed E-state index contributed by atoms with van der Waals surface area (Å²) in [6, 6.07) is 7.82. The fourth-order valence-electron chi connectivity index (χ4n) is 2.52. The molecule has 26 heavy (non-hydrogen) atoms. The van der Waals surface area contributed by atoms with Crippen molar-refractivity contribution in [3.8, 4) is 15.7 Å². The highest BCUT2D eigenvalue weighted by atomic mass is 32.1. The first-order chi connectivity index (χ1) is 12.7. The number of nitrogens with one attached hydrogen (secondary N) is 1. The monoisotopic (exact) mass is 381 g/mol. The molecule has 6 nitrogen and oxygen atoms in total. The van der Waals surface area contributed by atoms with Crippen LogP contribution in [-0.2, 0) is 6.54 Å². The van der Waals surface area contributed by atoms with Gasteiger partial charge >= 0.3 is 0 Å². The fourth-order valence-corrected chi connectivity index (χ4v) is 4.22. The van der Waals surface area contributed by atoms with Crippen molar-refractivity contribution >= 4 is 28.6 Å². The van der Waals surface area contributed by atoms with Crippen molar-refractivity contribution in [2.75, 3.05) is 0 Å². The number of amides is 1. The molecule has 0 spiro atoms. The largest absolute Gasteiger partial charge is 0.346 e. The highest BCUT2D eigenvalue weighted by Gasteiger charge is 2.17. The van der Waals surface area contributed by atoms with E-state index in [0.29, 0.717) is 17.1 Å². The van der Waals surface area contributed by atoms with Crippen LogP contribution in [0.25, 0.3) is 15.7 Å². The summed E-state index contributed by atoms with van der Waals surface area (Å²) in [6.45, 7) is 2.16. The Morgan fingerprint density at radius 3 is 2.77 bits per heavy atom. The van der Waals surface area contributed by atoms with Crippen molar-refractivity contribution in [2.45, 2.75) is 13.5 Å². The van der Waals surface area contributed by atoms with Crippen molar-refractivity contribution in [1.82, 2.24) is 24.8 Å². The topological polar surface area (TPSA) is 72.7 Å². The molecule has 1 amide bonds. The predicted octanol–water partition coefficient (Wildman–Crippen LogP) is 3.69. The van der Waals surface area contributed by atoms with E-state index in [4.69, 9.17) is 0 Å². The van der Waals surface area contributed by atoms with Gasteiger partial charge < -0.3 is 9.88 Å². The van der Waals surface area contributed by atoms with E-state index in [1.165, 1.54) is 11.3 Å². The number of hydrogen-bond donors (Lipinski definition) is 1. The molecule has 4 aromatic heterocycles. The van der Waals surface area contributed by atoms with Gasteiger partial charge in [-0.15, -0.1) is 11.3 Å². The van der Waals surface area contributed by atoms with Crippen LogP contribution in [0.15, 0.2) is 54.4 Å². The Balaban J connectivity index is 1.52. The van der Waals surface area contributed by atoms with E-state index in [-0.39, 0.29) is 5.91 Å². The van der Waals surface area contributed by atoms with Gasteiger partial charge in [0.15, 0.2) is 5.13 Å². The summed E-state index contributed by atoms with van der Waals surface area (Å²) >= 11 is 2.97. The minimum atomic E-state index is -0.152. The van der Waals surface area contributed by atoms with Crippen LogP contribution in [0.4, 0.5) is 0 Å². The van der Waals surface area contributed by atoms with E-state index < -0.39 is 0 Å². The molecule has 0 radical (unpaired) electrons. The lowest BCUT2D eigenvalue weighted by molar-refractivity contribution is 0.0953. The average Bonchev–Trinajstić information content (AvgIpc) is 3.40. The van der Waals surface area contributed by atoms with Crippen molar-refractivity contribution in [3.63, 3.8) is 0 Å². The molecule has 0 aliphatic carbocycles. The predicted molar refractivity (Wildman–Crippen MR) is 103 cm³/mol.